The SMILES string of the molecule is N[S+]([O-])c1c(Cl)cc(Cl)cc1Cl. The highest BCUT2D eigenvalue weighted by molar-refractivity contribution is 7.89. The Labute approximate surface area is 87.9 Å². The van der Waals surface area contributed by atoms with E-state index in [9.17, 15) is 4.55 Å². The fourth-order valence-corrected chi connectivity index (χ4v) is 2.50. The van der Waals surface area contributed by atoms with Gasteiger partial charge in [-0.05, 0) is 12.1 Å². The largest absolute Gasteiger partial charge is 0.593 e. The summed E-state index contributed by atoms with van der Waals surface area (Å²) in [4.78, 5) is 0.211. The van der Waals surface area contributed by atoms with E-state index in [2.05, 4.69) is 0 Å². The molecule has 0 saturated carbocycles. The first-order valence-corrected chi connectivity index (χ1v) is 5.18. The van der Waals surface area contributed by atoms with Crippen LogP contribution < -0.4 is 5.14 Å². The number of benzene rings is 1. The fourth-order valence-electron chi connectivity index (χ4n) is 0.721. The van der Waals surface area contributed by atoms with E-state index < -0.39 is 11.4 Å². The van der Waals surface area contributed by atoms with Gasteiger partial charge in [0.1, 0.15) is 10.0 Å². The van der Waals surface area contributed by atoms with Gasteiger partial charge >= 0.3 is 0 Å². The van der Waals surface area contributed by atoms with Gasteiger partial charge in [0.05, 0.1) is 11.4 Å². The van der Waals surface area contributed by atoms with E-state index in [4.69, 9.17) is 39.9 Å². The fraction of sp³-hybridized carbons (Fsp3) is 0. The van der Waals surface area contributed by atoms with E-state index in [1.807, 2.05) is 0 Å². The van der Waals surface area contributed by atoms with Crippen LogP contribution in [-0.2, 0) is 11.4 Å². The minimum Gasteiger partial charge on any atom is -0.593 e. The summed E-state index contributed by atoms with van der Waals surface area (Å²) in [5.74, 6) is 0. The number of halogens is 3. The Morgan fingerprint density at radius 3 is 1.92 bits per heavy atom. The molecule has 0 bridgehead atoms. The molecule has 66 valence electrons. The minimum absolute atomic E-state index is 0.211. The Bertz CT molecular complexity index is 282. The molecule has 0 aliphatic rings. The quantitative estimate of drug-likeness (QED) is 0.772. The Hall–Kier alpha value is 0.360. The lowest BCUT2D eigenvalue weighted by Gasteiger charge is -2.06. The van der Waals surface area contributed by atoms with E-state index >= 15 is 0 Å². The van der Waals surface area contributed by atoms with Gasteiger partial charge in [0, 0.05) is 5.02 Å². The van der Waals surface area contributed by atoms with E-state index in [1.54, 1.807) is 0 Å². The molecule has 0 aliphatic carbocycles. The summed E-state index contributed by atoms with van der Waals surface area (Å²) in [6.07, 6.45) is 0. The van der Waals surface area contributed by atoms with Crippen molar-refractivity contribution in [3.8, 4) is 0 Å². The summed E-state index contributed by atoms with van der Waals surface area (Å²) in [6, 6.07) is 2.88. The molecule has 0 aromatic heterocycles. The zero-order valence-corrected chi connectivity index (χ0v) is 8.77. The third-order valence-electron chi connectivity index (χ3n) is 1.16. The molecular weight excluding hydrogens is 240 g/mol. The lowest BCUT2D eigenvalue weighted by Crippen LogP contribution is -2.13. The highest BCUT2D eigenvalue weighted by Gasteiger charge is 2.17. The third-order valence-corrected chi connectivity index (χ3v) is 3.04. The molecule has 0 heterocycles. The van der Waals surface area contributed by atoms with Crippen LogP contribution in [0.3, 0.4) is 0 Å². The maximum absolute atomic E-state index is 10.9. The standard InChI is InChI=1S/C6H4Cl3NOS/c7-3-1-4(8)6(12(10)11)5(9)2-3/h1-2H,10H2. The molecule has 0 aliphatic heterocycles. The second-order valence-corrected chi connectivity index (χ2v) is 4.25. The smallest absolute Gasteiger partial charge is 0.210 e. The Morgan fingerprint density at radius 1 is 1.17 bits per heavy atom. The van der Waals surface area contributed by atoms with Crippen molar-refractivity contribution < 1.29 is 4.55 Å². The van der Waals surface area contributed by atoms with Crippen LogP contribution in [0.25, 0.3) is 0 Å². The summed E-state index contributed by atoms with van der Waals surface area (Å²) in [5.41, 5.74) is 0. The molecule has 2 nitrogen and oxygen atoms in total. The Kier molecular flexibility index (Phi) is 3.52. The van der Waals surface area contributed by atoms with Gasteiger partial charge in [-0.25, -0.2) is 0 Å². The monoisotopic (exact) mass is 243 g/mol. The third kappa shape index (κ3) is 2.19. The summed E-state index contributed by atoms with van der Waals surface area (Å²) in [7, 11) is 0. The molecule has 0 saturated heterocycles. The lowest BCUT2D eigenvalue weighted by atomic mass is 10.4. The summed E-state index contributed by atoms with van der Waals surface area (Å²) < 4.78 is 10.9. The van der Waals surface area contributed by atoms with Crippen LogP contribution in [0.2, 0.25) is 15.1 Å². The second kappa shape index (κ2) is 4.05. The van der Waals surface area contributed by atoms with Crippen molar-refractivity contribution in [2.45, 2.75) is 4.90 Å². The van der Waals surface area contributed by atoms with Crippen molar-refractivity contribution in [1.82, 2.24) is 0 Å². The van der Waals surface area contributed by atoms with Gasteiger partial charge in [0.15, 0.2) is 0 Å². The van der Waals surface area contributed by atoms with Crippen LogP contribution in [0.5, 0.6) is 0 Å². The number of hydrogen-bond acceptors (Lipinski definition) is 2. The Balaban J connectivity index is 3.28. The van der Waals surface area contributed by atoms with Gasteiger partial charge in [0.2, 0.25) is 4.90 Å². The molecule has 1 unspecified atom stereocenters. The van der Waals surface area contributed by atoms with Crippen LogP contribution in [0.1, 0.15) is 0 Å². The molecule has 2 N–H and O–H groups in total. The van der Waals surface area contributed by atoms with Gasteiger partial charge < -0.3 is 4.55 Å². The summed E-state index contributed by atoms with van der Waals surface area (Å²) >= 11 is 15.3. The highest BCUT2D eigenvalue weighted by atomic mass is 35.5. The molecule has 6 heteroatoms. The summed E-state index contributed by atoms with van der Waals surface area (Å²) in [6.45, 7) is 0. The lowest BCUT2D eigenvalue weighted by molar-refractivity contribution is 0.597. The average Bonchev–Trinajstić information content (AvgIpc) is 1.82. The van der Waals surface area contributed by atoms with Crippen molar-refractivity contribution in [3.05, 3.63) is 27.2 Å². The van der Waals surface area contributed by atoms with Crippen molar-refractivity contribution in [1.29, 1.82) is 0 Å². The molecule has 1 aromatic carbocycles. The molecule has 0 fully saturated rings. The minimum atomic E-state index is -1.68. The normalized spacial score (nSPS) is 13.1. The average molecular weight is 245 g/mol. The van der Waals surface area contributed by atoms with Gasteiger partial charge in [-0.15, -0.1) is 5.14 Å². The summed E-state index contributed by atoms with van der Waals surface area (Å²) in [5, 5.41) is 5.95. The maximum Gasteiger partial charge on any atom is 0.210 e. The van der Waals surface area contributed by atoms with Crippen LogP contribution in [0.4, 0.5) is 0 Å². The molecule has 0 radical (unpaired) electrons. The number of hydrogen-bond donors (Lipinski definition) is 1. The first-order chi connectivity index (χ1) is 5.52. The van der Waals surface area contributed by atoms with Crippen molar-refractivity contribution in [2.75, 3.05) is 0 Å². The molecule has 0 amide bonds. The van der Waals surface area contributed by atoms with E-state index in [0.29, 0.717) is 5.02 Å². The van der Waals surface area contributed by atoms with Gasteiger partial charge in [-0.1, -0.05) is 34.8 Å². The predicted molar refractivity (Wildman–Crippen MR) is 52.1 cm³/mol. The van der Waals surface area contributed by atoms with Gasteiger partial charge in [0.25, 0.3) is 0 Å². The number of nitrogens with two attached hydrogens (primary N) is 1. The Morgan fingerprint density at radius 2 is 1.58 bits per heavy atom. The topological polar surface area (TPSA) is 49.1 Å². The molecule has 1 atom stereocenters. The first-order valence-electron chi connectivity index (χ1n) is 2.83. The number of rotatable bonds is 1. The van der Waals surface area contributed by atoms with Crippen molar-refractivity contribution in [3.63, 3.8) is 0 Å². The second-order valence-electron chi connectivity index (χ2n) is 2.00. The van der Waals surface area contributed by atoms with E-state index in [1.165, 1.54) is 12.1 Å². The molecule has 0 spiro atoms. The van der Waals surface area contributed by atoms with Crippen LogP contribution in [0, 0.1) is 0 Å². The zero-order chi connectivity index (χ0) is 9.30. The van der Waals surface area contributed by atoms with Crippen molar-refractivity contribution in [2.24, 2.45) is 5.14 Å². The molecular formula is C6H4Cl3NOS. The molecule has 1 aromatic rings. The van der Waals surface area contributed by atoms with Crippen LogP contribution in [0.15, 0.2) is 17.0 Å². The van der Waals surface area contributed by atoms with E-state index in [-0.39, 0.29) is 14.9 Å². The predicted octanol–water partition coefficient (Wildman–Crippen LogP) is 2.63. The first kappa shape index (κ1) is 10.4. The van der Waals surface area contributed by atoms with Crippen LogP contribution in [-0.4, -0.2) is 4.55 Å². The van der Waals surface area contributed by atoms with E-state index in [0.717, 1.165) is 0 Å². The van der Waals surface area contributed by atoms with Gasteiger partial charge in [-0.2, -0.15) is 0 Å². The molecule has 12 heavy (non-hydrogen) atoms. The van der Waals surface area contributed by atoms with Crippen LogP contribution >= 0.6 is 34.8 Å². The van der Waals surface area contributed by atoms with Crippen molar-refractivity contribution >= 4 is 46.2 Å². The maximum atomic E-state index is 10.9. The zero-order valence-electron chi connectivity index (χ0n) is 5.68. The highest BCUT2D eigenvalue weighted by Crippen LogP contribution is 2.31. The molecule has 1 rings (SSSR count). The van der Waals surface area contributed by atoms with Gasteiger partial charge in [-0.3, -0.25) is 0 Å².